The van der Waals surface area contributed by atoms with Gasteiger partial charge in [0.15, 0.2) is 0 Å². The molecule has 1 aliphatic heterocycles. The summed E-state index contributed by atoms with van der Waals surface area (Å²) < 4.78 is 0. The molecule has 0 saturated carbocycles. The lowest BCUT2D eigenvalue weighted by Gasteiger charge is -2.30. The Morgan fingerprint density at radius 3 is 2.09 bits per heavy atom. The SMILES string of the molecule is CC.CN1CCC(O)C(O)C1. The van der Waals surface area contributed by atoms with Gasteiger partial charge in [-0.3, -0.25) is 0 Å². The van der Waals surface area contributed by atoms with Gasteiger partial charge in [-0.1, -0.05) is 13.8 Å². The van der Waals surface area contributed by atoms with Crippen LogP contribution in [0, 0.1) is 0 Å². The lowest BCUT2D eigenvalue weighted by Crippen LogP contribution is -2.44. The third-order valence-electron chi connectivity index (χ3n) is 1.75. The number of β-amino-alcohol motifs (C(OH)–C–C–N with tert-alkyl or cyclic N) is 1. The van der Waals surface area contributed by atoms with E-state index in [1.807, 2.05) is 25.8 Å². The molecule has 1 fully saturated rings. The van der Waals surface area contributed by atoms with Gasteiger partial charge in [0.1, 0.15) is 0 Å². The first-order valence-corrected chi connectivity index (χ1v) is 4.25. The third kappa shape index (κ3) is 3.70. The van der Waals surface area contributed by atoms with Gasteiger partial charge < -0.3 is 15.1 Å². The molecule has 0 spiro atoms. The molecular formula is C8H19NO2. The molecule has 2 atom stereocenters. The first kappa shape index (κ1) is 10.9. The second-order valence-corrected chi connectivity index (χ2v) is 2.69. The molecule has 2 N–H and O–H groups in total. The molecule has 0 aliphatic carbocycles. The molecule has 0 aromatic carbocycles. The molecule has 68 valence electrons. The second-order valence-electron chi connectivity index (χ2n) is 2.69. The number of nitrogens with zero attached hydrogens (tertiary/aromatic N) is 1. The summed E-state index contributed by atoms with van der Waals surface area (Å²) in [6.07, 6.45) is -0.345. The van der Waals surface area contributed by atoms with Crippen LogP contribution >= 0.6 is 0 Å². The molecule has 3 heteroatoms. The average Bonchev–Trinajstić information content (AvgIpc) is 2.02. The molecule has 2 unspecified atom stereocenters. The van der Waals surface area contributed by atoms with Crippen LogP contribution in [-0.4, -0.2) is 47.5 Å². The minimum atomic E-state index is -0.538. The first-order chi connectivity index (χ1) is 5.20. The first-order valence-electron chi connectivity index (χ1n) is 4.25. The molecule has 1 aliphatic rings. The third-order valence-corrected chi connectivity index (χ3v) is 1.75. The predicted molar refractivity (Wildman–Crippen MR) is 45.5 cm³/mol. The highest BCUT2D eigenvalue weighted by atomic mass is 16.3. The Morgan fingerprint density at radius 1 is 1.18 bits per heavy atom. The fourth-order valence-electron chi connectivity index (χ4n) is 1.08. The van der Waals surface area contributed by atoms with Crippen molar-refractivity contribution in [2.45, 2.75) is 32.5 Å². The molecule has 0 radical (unpaired) electrons. The van der Waals surface area contributed by atoms with Crippen LogP contribution in [0.1, 0.15) is 20.3 Å². The zero-order valence-electron chi connectivity index (χ0n) is 7.62. The molecule has 0 aromatic heterocycles. The number of aliphatic hydroxyl groups is 2. The van der Waals surface area contributed by atoms with E-state index in [9.17, 15) is 0 Å². The normalized spacial score (nSPS) is 32.5. The molecule has 1 heterocycles. The highest BCUT2D eigenvalue weighted by Crippen LogP contribution is 2.07. The van der Waals surface area contributed by atoms with Gasteiger partial charge in [-0.05, 0) is 13.5 Å². The van der Waals surface area contributed by atoms with E-state index >= 15 is 0 Å². The number of hydrogen-bond acceptors (Lipinski definition) is 3. The van der Waals surface area contributed by atoms with E-state index in [0.717, 1.165) is 6.54 Å². The summed E-state index contributed by atoms with van der Waals surface area (Å²) in [7, 11) is 1.94. The van der Waals surface area contributed by atoms with Crippen molar-refractivity contribution in [2.24, 2.45) is 0 Å². The number of aliphatic hydroxyl groups excluding tert-OH is 2. The van der Waals surface area contributed by atoms with Gasteiger partial charge in [0, 0.05) is 13.1 Å². The number of likely N-dealkylation sites (tertiary alicyclic amines) is 1. The van der Waals surface area contributed by atoms with Gasteiger partial charge in [0.25, 0.3) is 0 Å². The van der Waals surface area contributed by atoms with Gasteiger partial charge in [-0.15, -0.1) is 0 Å². The van der Waals surface area contributed by atoms with Crippen LogP contribution < -0.4 is 0 Å². The maximum absolute atomic E-state index is 9.06. The van der Waals surface area contributed by atoms with Crippen molar-refractivity contribution in [1.29, 1.82) is 0 Å². The Morgan fingerprint density at radius 2 is 1.73 bits per heavy atom. The standard InChI is InChI=1S/C6H13NO2.C2H6/c1-7-3-2-5(8)6(9)4-7;1-2/h5-6,8-9H,2-4H2,1H3;1-2H3. The van der Waals surface area contributed by atoms with E-state index in [0.29, 0.717) is 13.0 Å². The lowest BCUT2D eigenvalue weighted by molar-refractivity contribution is -0.0318. The van der Waals surface area contributed by atoms with E-state index in [1.54, 1.807) is 0 Å². The van der Waals surface area contributed by atoms with E-state index in [2.05, 4.69) is 0 Å². The van der Waals surface area contributed by atoms with Crippen molar-refractivity contribution in [2.75, 3.05) is 20.1 Å². The van der Waals surface area contributed by atoms with Crippen molar-refractivity contribution < 1.29 is 10.2 Å². The Balaban J connectivity index is 0.000000461. The monoisotopic (exact) mass is 161 g/mol. The molecule has 0 aromatic rings. The Bertz CT molecular complexity index is 98.1. The summed E-state index contributed by atoms with van der Waals surface area (Å²) in [5.41, 5.74) is 0. The lowest BCUT2D eigenvalue weighted by atomic mass is 10.1. The van der Waals surface area contributed by atoms with E-state index < -0.39 is 12.2 Å². The molecule has 0 bridgehead atoms. The van der Waals surface area contributed by atoms with Crippen LogP contribution in [0.5, 0.6) is 0 Å². The van der Waals surface area contributed by atoms with Crippen molar-refractivity contribution in [1.82, 2.24) is 4.90 Å². The minimum absolute atomic E-state index is 0.499. The van der Waals surface area contributed by atoms with Crippen molar-refractivity contribution in [3.8, 4) is 0 Å². The zero-order chi connectivity index (χ0) is 8.85. The Kier molecular flexibility index (Phi) is 5.46. The minimum Gasteiger partial charge on any atom is -0.390 e. The van der Waals surface area contributed by atoms with E-state index in [-0.39, 0.29) is 0 Å². The summed E-state index contributed by atoms with van der Waals surface area (Å²) >= 11 is 0. The number of likely N-dealkylation sites (N-methyl/N-ethyl adjacent to an activating group) is 1. The summed E-state index contributed by atoms with van der Waals surface area (Å²) in [5.74, 6) is 0. The predicted octanol–water partition coefficient (Wildman–Crippen LogP) is 0.0699. The molecule has 1 saturated heterocycles. The smallest absolute Gasteiger partial charge is 0.0925 e. The summed E-state index contributed by atoms with van der Waals surface area (Å²) in [6, 6.07) is 0. The van der Waals surface area contributed by atoms with Crippen LogP contribution in [0.4, 0.5) is 0 Å². The fourth-order valence-corrected chi connectivity index (χ4v) is 1.08. The fraction of sp³-hybridized carbons (Fsp3) is 1.00. The van der Waals surface area contributed by atoms with E-state index in [1.165, 1.54) is 0 Å². The zero-order valence-corrected chi connectivity index (χ0v) is 7.62. The molecule has 1 rings (SSSR count). The highest BCUT2D eigenvalue weighted by Gasteiger charge is 2.22. The Labute approximate surface area is 68.6 Å². The number of rotatable bonds is 0. The van der Waals surface area contributed by atoms with Crippen LogP contribution in [0.3, 0.4) is 0 Å². The maximum atomic E-state index is 9.06. The number of hydrogen-bond donors (Lipinski definition) is 2. The summed E-state index contributed by atoms with van der Waals surface area (Å²) in [5, 5.41) is 18.1. The summed E-state index contributed by atoms with van der Waals surface area (Å²) in [4.78, 5) is 2.01. The van der Waals surface area contributed by atoms with Gasteiger partial charge in [0.05, 0.1) is 12.2 Å². The Hall–Kier alpha value is -0.120. The largest absolute Gasteiger partial charge is 0.390 e. The topological polar surface area (TPSA) is 43.7 Å². The van der Waals surface area contributed by atoms with Gasteiger partial charge in [0.2, 0.25) is 0 Å². The quantitative estimate of drug-likeness (QED) is 0.528. The van der Waals surface area contributed by atoms with Crippen LogP contribution in [0.25, 0.3) is 0 Å². The van der Waals surface area contributed by atoms with Crippen molar-refractivity contribution in [3.63, 3.8) is 0 Å². The van der Waals surface area contributed by atoms with Crippen molar-refractivity contribution >= 4 is 0 Å². The molecular weight excluding hydrogens is 142 g/mol. The molecule has 3 nitrogen and oxygen atoms in total. The van der Waals surface area contributed by atoms with Crippen molar-refractivity contribution in [3.05, 3.63) is 0 Å². The van der Waals surface area contributed by atoms with Crippen LogP contribution in [0.2, 0.25) is 0 Å². The molecule has 11 heavy (non-hydrogen) atoms. The second kappa shape index (κ2) is 5.52. The number of piperidine rings is 1. The maximum Gasteiger partial charge on any atom is 0.0925 e. The summed E-state index contributed by atoms with van der Waals surface area (Å²) in [6.45, 7) is 5.49. The van der Waals surface area contributed by atoms with Crippen LogP contribution in [0.15, 0.2) is 0 Å². The van der Waals surface area contributed by atoms with Gasteiger partial charge >= 0.3 is 0 Å². The van der Waals surface area contributed by atoms with E-state index in [4.69, 9.17) is 10.2 Å². The molecule has 0 amide bonds. The average molecular weight is 161 g/mol. The highest BCUT2D eigenvalue weighted by molar-refractivity contribution is 4.76. The van der Waals surface area contributed by atoms with Gasteiger partial charge in [-0.2, -0.15) is 0 Å². The van der Waals surface area contributed by atoms with Crippen LogP contribution in [-0.2, 0) is 0 Å². The van der Waals surface area contributed by atoms with Gasteiger partial charge in [-0.25, -0.2) is 0 Å².